The first kappa shape index (κ1) is 42.8. The first-order valence-corrected chi connectivity index (χ1v) is 26.5. The number of urea groups is 1. The number of fused-ring (bicyclic) bond motifs is 3. The van der Waals surface area contributed by atoms with Gasteiger partial charge in [0.25, 0.3) is 0 Å². The minimum atomic E-state index is -1.21. The molecule has 0 bridgehead atoms. The van der Waals surface area contributed by atoms with Gasteiger partial charge in [-0.25, -0.2) is 14.5 Å². The summed E-state index contributed by atoms with van der Waals surface area (Å²) in [6.45, 7) is 12.9. The monoisotopic (exact) mass is 876 g/mol. The van der Waals surface area contributed by atoms with Crippen molar-refractivity contribution >= 4 is 58.5 Å². The average molecular weight is 877 g/mol. The molecule has 2 aromatic heterocycles. The summed E-state index contributed by atoms with van der Waals surface area (Å²) in [5, 5.41) is 6.55. The zero-order valence-corrected chi connectivity index (χ0v) is 38.6. The van der Waals surface area contributed by atoms with Crippen molar-refractivity contribution in [3.05, 3.63) is 161 Å². The number of ether oxygens (including phenoxy) is 3. The molecule has 2 aliphatic heterocycles. The third-order valence-corrected chi connectivity index (χ3v) is 14.6. The summed E-state index contributed by atoms with van der Waals surface area (Å²) >= 11 is 1.62. The second-order valence-corrected chi connectivity index (χ2v) is 25.1. The fourth-order valence-electron chi connectivity index (χ4n) is 8.82. The molecular weight excluding hydrogens is 821 g/mol. The molecule has 4 atom stereocenters. The van der Waals surface area contributed by atoms with E-state index in [4.69, 9.17) is 29.3 Å². The molecule has 63 heavy (non-hydrogen) atoms. The molecule has 12 heteroatoms. The van der Waals surface area contributed by atoms with Crippen molar-refractivity contribution in [1.82, 2.24) is 24.6 Å². The normalized spacial score (nSPS) is 20.2. The van der Waals surface area contributed by atoms with Crippen LogP contribution in [0.4, 0.5) is 10.5 Å². The summed E-state index contributed by atoms with van der Waals surface area (Å²) in [4.78, 5) is 29.5. The first-order valence-electron chi connectivity index (χ1n) is 22.0. The van der Waals surface area contributed by atoms with Gasteiger partial charge in [0, 0.05) is 33.2 Å². The molecule has 0 unspecified atom stereocenters. The van der Waals surface area contributed by atoms with Gasteiger partial charge in [0.05, 0.1) is 45.9 Å². The van der Waals surface area contributed by atoms with Crippen LogP contribution in [0.25, 0.3) is 21.1 Å². The fraction of sp³-hybridized carbons (Fsp3) is 0.333. The van der Waals surface area contributed by atoms with Crippen molar-refractivity contribution in [3.8, 4) is 0 Å². The summed E-state index contributed by atoms with van der Waals surface area (Å²) in [5.74, 6) is -0.864. The van der Waals surface area contributed by atoms with Gasteiger partial charge in [0.1, 0.15) is 23.9 Å². The van der Waals surface area contributed by atoms with E-state index in [9.17, 15) is 0 Å². The van der Waals surface area contributed by atoms with Crippen LogP contribution < -0.4 is 0 Å². The highest BCUT2D eigenvalue weighted by Crippen LogP contribution is 2.41. The topological polar surface area (TPSA) is 94.3 Å². The number of benzene rings is 5. The lowest BCUT2D eigenvalue weighted by atomic mass is 9.91. The maximum atomic E-state index is 15.8. The van der Waals surface area contributed by atoms with Crippen LogP contribution in [0.1, 0.15) is 41.1 Å². The van der Waals surface area contributed by atoms with Gasteiger partial charge in [-0.15, -0.1) is 11.3 Å². The second kappa shape index (κ2) is 18.3. The summed E-state index contributed by atoms with van der Waals surface area (Å²) < 4.78 is 23.0. The molecule has 0 aliphatic carbocycles. The molecule has 0 spiro atoms. The molecule has 2 saturated heterocycles. The minimum Gasteiger partial charge on any atom is -0.360 e. The van der Waals surface area contributed by atoms with Crippen molar-refractivity contribution in [1.29, 1.82) is 0 Å². The molecule has 2 aliphatic rings. The lowest BCUT2D eigenvalue weighted by Crippen LogP contribution is -2.51. The molecular formula is C51H56N6O4SSi. The summed E-state index contributed by atoms with van der Waals surface area (Å²) in [6, 6.07) is 43.8. The quantitative estimate of drug-likeness (QED) is 0.0578. The number of nitrogens with zero attached hydrogens (tertiary/aromatic N) is 6. The molecule has 0 saturated carbocycles. The summed E-state index contributed by atoms with van der Waals surface area (Å²) in [7, 11) is -1.21. The smallest absolute Gasteiger partial charge is 0.321 e. The van der Waals surface area contributed by atoms with Crippen LogP contribution in [-0.4, -0.2) is 81.6 Å². The van der Waals surface area contributed by atoms with E-state index in [0.29, 0.717) is 32.7 Å². The lowest BCUT2D eigenvalue weighted by molar-refractivity contribution is -0.157. The Labute approximate surface area is 375 Å². The number of hydrogen-bond donors (Lipinski definition) is 0. The van der Waals surface area contributed by atoms with Crippen LogP contribution in [0.5, 0.6) is 0 Å². The SMILES string of the molecule is CC1(C)O[C@@H]2[C@@H](O1)[C@@H](Cc1ccccc1)N(Cc1ccc3c(cnn3COCC[Si](C)(C)C)c1)C(=O)N(Cc1cccc(N=Cc3nc4ccccc4s3)c1)[C@@H]2Cc1ccccc1. The predicted molar refractivity (Wildman–Crippen MR) is 255 cm³/mol. The highest BCUT2D eigenvalue weighted by Gasteiger charge is 2.55. The Morgan fingerprint density at radius 3 is 2.03 bits per heavy atom. The van der Waals surface area contributed by atoms with Crippen LogP contribution in [0.15, 0.2) is 139 Å². The maximum absolute atomic E-state index is 15.8. The molecule has 10 nitrogen and oxygen atoms in total. The third kappa shape index (κ3) is 10.2. The molecule has 324 valence electrons. The number of hydrogen-bond acceptors (Lipinski definition) is 8. The van der Waals surface area contributed by atoms with E-state index < -0.39 is 26.1 Å². The van der Waals surface area contributed by atoms with Crippen molar-refractivity contribution in [2.45, 2.75) is 102 Å². The van der Waals surface area contributed by atoms with E-state index in [2.05, 4.69) is 105 Å². The van der Waals surface area contributed by atoms with Crippen molar-refractivity contribution in [3.63, 3.8) is 0 Å². The van der Waals surface area contributed by atoms with Gasteiger partial charge in [0.2, 0.25) is 0 Å². The number of aliphatic imine (C=N–C) groups is 1. The van der Waals surface area contributed by atoms with E-state index in [-0.39, 0.29) is 18.1 Å². The maximum Gasteiger partial charge on any atom is 0.321 e. The Hall–Kier alpha value is -5.50. The van der Waals surface area contributed by atoms with Crippen molar-refractivity contribution in [2.75, 3.05) is 6.61 Å². The van der Waals surface area contributed by atoms with Gasteiger partial charge in [-0.3, -0.25) is 4.99 Å². The molecule has 2 fully saturated rings. The van der Waals surface area contributed by atoms with Gasteiger partial charge in [-0.05, 0) is 91.4 Å². The average Bonchev–Trinajstić information content (AvgIpc) is 3.97. The first-order chi connectivity index (χ1) is 30.4. The molecule has 2 amide bonds. The molecule has 0 N–H and O–H groups in total. The van der Waals surface area contributed by atoms with Crippen LogP contribution in [0, 0.1) is 0 Å². The van der Waals surface area contributed by atoms with Gasteiger partial charge >= 0.3 is 6.03 Å². The number of thiazole rings is 1. The van der Waals surface area contributed by atoms with Gasteiger partial charge in [-0.1, -0.05) is 111 Å². The van der Waals surface area contributed by atoms with E-state index >= 15 is 4.79 Å². The van der Waals surface area contributed by atoms with Crippen LogP contribution in [0.2, 0.25) is 25.7 Å². The summed E-state index contributed by atoms with van der Waals surface area (Å²) in [6.07, 6.45) is 4.10. The zero-order valence-electron chi connectivity index (χ0n) is 36.8. The molecule has 0 radical (unpaired) electrons. The van der Waals surface area contributed by atoms with Gasteiger partial charge in [-0.2, -0.15) is 5.10 Å². The fourth-order valence-corrected chi connectivity index (χ4v) is 10.4. The largest absolute Gasteiger partial charge is 0.360 e. The number of aromatic nitrogens is 3. The Morgan fingerprint density at radius 1 is 0.762 bits per heavy atom. The molecule has 5 aromatic carbocycles. The highest BCUT2D eigenvalue weighted by molar-refractivity contribution is 7.20. The standard InChI is InChI=1S/C51H56N6O4SSi/c1-51(2)60-48-44(29-36-15-8-6-9-16-36)55(33-38-19-14-20-41(28-38)52-32-47-54-42-21-12-13-22-46(42)62-47)50(58)56(45(49(48)61-51)30-37-17-10-7-11-18-37)34-39-23-24-43-40(27-39)31-53-57(43)35-59-25-26-63(3,4)5/h6-24,27-28,31-32,44-45,48-49H,25-26,29-30,33-35H2,1-5H3/t44-,45-,48+,49+/m1/s1. The van der Waals surface area contributed by atoms with Gasteiger partial charge < -0.3 is 24.0 Å². The van der Waals surface area contributed by atoms with Gasteiger partial charge in [0.15, 0.2) is 5.79 Å². The van der Waals surface area contributed by atoms with Crippen molar-refractivity contribution < 1.29 is 19.0 Å². The molecule has 7 aromatic rings. The minimum absolute atomic E-state index is 0.0637. The van der Waals surface area contributed by atoms with E-state index in [1.807, 2.05) is 83.2 Å². The lowest BCUT2D eigenvalue weighted by Gasteiger charge is -2.37. The Bertz CT molecular complexity index is 2660. The predicted octanol–water partition coefficient (Wildman–Crippen LogP) is 10.9. The number of amides is 2. The number of rotatable bonds is 15. The van der Waals surface area contributed by atoms with E-state index in [1.54, 1.807) is 11.3 Å². The third-order valence-electron chi connectivity index (χ3n) is 12.0. The molecule has 4 heterocycles. The Balaban J connectivity index is 1.08. The second-order valence-electron chi connectivity index (χ2n) is 18.5. The van der Waals surface area contributed by atoms with Crippen LogP contribution in [0.3, 0.4) is 0 Å². The Morgan fingerprint density at radius 2 is 1.38 bits per heavy atom. The Kier molecular flexibility index (Phi) is 12.4. The summed E-state index contributed by atoms with van der Waals surface area (Å²) in [5.41, 5.74) is 6.99. The van der Waals surface area contributed by atoms with E-state index in [0.717, 1.165) is 66.7 Å². The number of carbonyl (C=O) groups excluding carboxylic acids is 1. The number of para-hydroxylation sites is 1. The van der Waals surface area contributed by atoms with Crippen LogP contribution >= 0.6 is 11.3 Å². The van der Waals surface area contributed by atoms with E-state index in [1.165, 1.54) is 0 Å². The highest BCUT2D eigenvalue weighted by atomic mass is 32.1. The molecule has 9 rings (SSSR count). The number of carbonyl (C=O) groups is 1. The zero-order chi connectivity index (χ0) is 43.6. The van der Waals surface area contributed by atoms with Crippen molar-refractivity contribution in [2.24, 2.45) is 4.99 Å². The van der Waals surface area contributed by atoms with Crippen LogP contribution in [-0.2, 0) is 46.9 Å².